The summed E-state index contributed by atoms with van der Waals surface area (Å²) in [7, 11) is 1.27. The Balaban J connectivity index is 0.000000321. The first-order valence-electron chi connectivity index (χ1n) is 11.2. The van der Waals surface area contributed by atoms with E-state index in [0.717, 1.165) is 31.4 Å². The second kappa shape index (κ2) is 13.3. The largest absolute Gasteiger partial charge is 0.491 e. The van der Waals surface area contributed by atoms with Crippen LogP contribution in [0.4, 0.5) is 0 Å². The Labute approximate surface area is 202 Å². The molecule has 0 aromatic heterocycles. The molecule has 1 fully saturated rings. The number of thiol groups is 1. The normalized spacial score (nSPS) is 16.0. The number of ether oxygens (including phenoxy) is 2. The van der Waals surface area contributed by atoms with Gasteiger partial charge in [0.25, 0.3) is 0 Å². The smallest absolute Gasteiger partial charge is 0.333 e. The van der Waals surface area contributed by atoms with Gasteiger partial charge in [-0.3, -0.25) is 4.79 Å². The van der Waals surface area contributed by atoms with Gasteiger partial charge in [-0.15, -0.1) is 0 Å². The van der Waals surface area contributed by atoms with Crippen molar-refractivity contribution >= 4 is 24.5 Å². The second-order valence-electron chi connectivity index (χ2n) is 8.44. The third kappa shape index (κ3) is 8.74. The molecule has 2 N–H and O–H groups in total. The van der Waals surface area contributed by atoms with Crippen LogP contribution in [0.1, 0.15) is 62.6 Å². The molecule has 0 saturated heterocycles. The highest BCUT2D eigenvalue weighted by atomic mass is 32.1. The van der Waals surface area contributed by atoms with E-state index in [0.29, 0.717) is 17.2 Å². The van der Waals surface area contributed by atoms with Gasteiger partial charge in [-0.25, -0.2) is 4.79 Å². The number of hydrogen-bond acceptors (Lipinski definition) is 6. The minimum atomic E-state index is -0.842. The van der Waals surface area contributed by atoms with Gasteiger partial charge in [-0.05, 0) is 47.8 Å². The topological polar surface area (TPSA) is 84.9 Å². The molecule has 1 amide bonds. The molecule has 1 saturated carbocycles. The molecular formula is C26H35NO5S. The van der Waals surface area contributed by atoms with Crippen molar-refractivity contribution in [2.75, 3.05) is 19.5 Å². The van der Waals surface area contributed by atoms with Crippen LogP contribution in [-0.4, -0.2) is 42.1 Å². The van der Waals surface area contributed by atoms with Gasteiger partial charge >= 0.3 is 5.97 Å². The highest BCUT2D eigenvalue weighted by Crippen LogP contribution is 2.30. The first kappa shape index (κ1) is 26.7. The summed E-state index contributed by atoms with van der Waals surface area (Å²) in [5, 5.41) is 12.8. The van der Waals surface area contributed by atoms with E-state index in [1.165, 1.54) is 19.6 Å². The lowest BCUT2D eigenvalue weighted by Crippen LogP contribution is -2.33. The van der Waals surface area contributed by atoms with Gasteiger partial charge in [0.1, 0.15) is 12.4 Å². The van der Waals surface area contributed by atoms with Gasteiger partial charge in [-0.2, -0.15) is 12.6 Å². The van der Waals surface area contributed by atoms with Crippen LogP contribution < -0.4 is 10.1 Å². The van der Waals surface area contributed by atoms with Crippen molar-refractivity contribution in [3.63, 3.8) is 0 Å². The van der Waals surface area contributed by atoms with Crippen molar-refractivity contribution in [2.45, 2.75) is 57.1 Å². The minimum Gasteiger partial charge on any atom is -0.491 e. The van der Waals surface area contributed by atoms with E-state index in [2.05, 4.69) is 49.1 Å². The van der Waals surface area contributed by atoms with Gasteiger partial charge in [-0.1, -0.05) is 62.2 Å². The van der Waals surface area contributed by atoms with Gasteiger partial charge < -0.3 is 19.9 Å². The SMILES string of the molecule is CC(CS)c1ccccc1.COC(=O)C(NC(C)=O)c1ccc(OCC2(O)CCCC2)cc1. The summed E-state index contributed by atoms with van der Waals surface area (Å²) in [5.41, 5.74) is 1.25. The summed E-state index contributed by atoms with van der Waals surface area (Å²) in [6.45, 7) is 3.79. The van der Waals surface area contributed by atoms with E-state index in [4.69, 9.17) is 9.47 Å². The van der Waals surface area contributed by atoms with E-state index >= 15 is 0 Å². The molecule has 0 bridgehead atoms. The standard InChI is InChI=1S/C17H23NO5.C9H12S/c1-12(19)18-15(16(20)22-2)13-5-7-14(8-6-13)23-11-17(21)9-3-4-10-17;1-8(7-10)9-5-3-2-4-6-9/h5-8,15,21H,3-4,9-11H2,1-2H3,(H,18,19);2-6,8,10H,7H2,1H3. The molecule has 1 aliphatic carbocycles. The highest BCUT2D eigenvalue weighted by Gasteiger charge is 2.32. The quantitative estimate of drug-likeness (QED) is 0.390. The molecule has 0 radical (unpaired) electrons. The second-order valence-corrected chi connectivity index (χ2v) is 8.81. The summed E-state index contributed by atoms with van der Waals surface area (Å²) >= 11 is 4.23. The van der Waals surface area contributed by atoms with Crippen molar-refractivity contribution in [1.29, 1.82) is 0 Å². The number of aliphatic hydroxyl groups is 1. The molecule has 2 atom stereocenters. The van der Waals surface area contributed by atoms with Crippen LogP contribution in [0.25, 0.3) is 0 Å². The van der Waals surface area contributed by atoms with Gasteiger partial charge in [0.15, 0.2) is 6.04 Å². The number of esters is 1. The van der Waals surface area contributed by atoms with E-state index in [9.17, 15) is 14.7 Å². The van der Waals surface area contributed by atoms with Crippen LogP contribution in [0, 0.1) is 0 Å². The van der Waals surface area contributed by atoms with Crippen LogP contribution >= 0.6 is 12.6 Å². The minimum absolute atomic E-state index is 0.262. The first-order valence-corrected chi connectivity index (χ1v) is 11.9. The molecule has 1 aliphatic rings. The Morgan fingerprint density at radius 2 is 1.67 bits per heavy atom. The van der Waals surface area contributed by atoms with Crippen molar-refractivity contribution in [1.82, 2.24) is 5.32 Å². The number of rotatable bonds is 8. The van der Waals surface area contributed by atoms with Crippen LogP contribution in [0.3, 0.4) is 0 Å². The average molecular weight is 474 g/mol. The van der Waals surface area contributed by atoms with Gasteiger partial charge in [0.05, 0.1) is 12.7 Å². The predicted molar refractivity (Wildman–Crippen MR) is 133 cm³/mol. The molecular weight excluding hydrogens is 438 g/mol. The van der Waals surface area contributed by atoms with Crippen LogP contribution in [-0.2, 0) is 14.3 Å². The van der Waals surface area contributed by atoms with Crippen LogP contribution in [0.15, 0.2) is 54.6 Å². The molecule has 2 aromatic rings. The van der Waals surface area contributed by atoms with E-state index in [1.807, 2.05) is 6.07 Å². The fourth-order valence-electron chi connectivity index (χ4n) is 3.64. The molecule has 7 heteroatoms. The van der Waals surface area contributed by atoms with E-state index in [-0.39, 0.29) is 12.5 Å². The number of methoxy groups -OCH3 is 1. The molecule has 3 rings (SSSR count). The van der Waals surface area contributed by atoms with Gasteiger partial charge in [0.2, 0.25) is 5.91 Å². The Morgan fingerprint density at radius 3 is 2.18 bits per heavy atom. The molecule has 180 valence electrons. The zero-order valence-electron chi connectivity index (χ0n) is 19.6. The van der Waals surface area contributed by atoms with Crippen molar-refractivity contribution < 1.29 is 24.2 Å². The summed E-state index contributed by atoms with van der Waals surface area (Å²) in [6.07, 6.45) is 3.57. The van der Waals surface area contributed by atoms with Gasteiger partial charge in [0, 0.05) is 6.92 Å². The van der Waals surface area contributed by atoms with E-state index < -0.39 is 17.6 Å². The van der Waals surface area contributed by atoms with Crippen LogP contribution in [0.5, 0.6) is 5.75 Å². The number of benzene rings is 2. The van der Waals surface area contributed by atoms with Crippen molar-refractivity contribution in [3.8, 4) is 5.75 Å². The summed E-state index contributed by atoms with van der Waals surface area (Å²) in [5.74, 6) is 1.26. The molecule has 2 aromatic carbocycles. The average Bonchev–Trinajstić information content (AvgIpc) is 3.28. The maximum absolute atomic E-state index is 11.8. The van der Waals surface area contributed by atoms with Crippen LogP contribution in [0.2, 0.25) is 0 Å². The number of amides is 1. The Kier molecular flexibility index (Phi) is 10.7. The zero-order valence-corrected chi connectivity index (χ0v) is 20.5. The van der Waals surface area contributed by atoms with Crippen molar-refractivity contribution in [3.05, 3.63) is 65.7 Å². The first-order chi connectivity index (χ1) is 15.8. The summed E-state index contributed by atoms with van der Waals surface area (Å²) in [4.78, 5) is 23.0. The lowest BCUT2D eigenvalue weighted by molar-refractivity contribution is -0.145. The Hall–Kier alpha value is -2.51. The number of carbonyl (C=O) groups excluding carboxylic acids is 2. The molecule has 33 heavy (non-hydrogen) atoms. The van der Waals surface area contributed by atoms with Crippen molar-refractivity contribution in [2.24, 2.45) is 0 Å². The molecule has 0 spiro atoms. The summed E-state index contributed by atoms with van der Waals surface area (Å²) < 4.78 is 10.4. The zero-order chi connectivity index (χ0) is 24.3. The highest BCUT2D eigenvalue weighted by molar-refractivity contribution is 7.80. The van der Waals surface area contributed by atoms with E-state index in [1.54, 1.807) is 24.3 Å². The molecule has 0 heterocycles. The Bertz CT molecular complexity index is 866. The molecule has 2 unspecified atom stereocenters. The summed E-state index contributed by atoms with van der Waals surface area (Å²) in [6, 6.07) is 16.4. The monoisotopic (exact) mass is 473 g/mol. The predicted octanol–water partition coefficient (Wildman–Crippen LogP) is 4.44. The number of carbonyl (C=O) groups is 2. The third-order valence-corrected chi connectivity index (χ3v) is 6.23. The molecule has 0 aliphatic heterocycles. The third-order valence-electron chi connectivity index (χ3n) is 5.68. The fourth-order valence-corrected chi connectivity index (χ4v) is 3.85. The lowest BCUT2D eigenvalue weighted by Gasteiger charge is -2.22. The number of hydrogen-bond donors (Lipinski definition) is 3. The maximum Gasteiger partial charge on any atom is 0.333 e. The lowest BCUT2D eigenvalue weighted by atomic mass is 10.0. The fraction of sp³-hybridized carbons (Fsp3) is 0.462. The maximum atomic E-state index is 11.8. The number of nitrogens with one attached hydrogen (secondary N) is 1. The molecule has 6 nitrogen and oxygen atoms in total. The Morgan fingerprint density at radius 1 is 1.06 bits per heavy atom.